The van der Waals surface area contributed by atoms with Crippen molar-refractivity contribution >= 4 is 22.7 Å². The van der Waals surface area contributed by atoms with Crippen LogP contribution in [0.4, 0.5) is 0 Å². The lowest BCUT2D eigenvalue weighted by Gasteiger charge is -2.62. The zero-order chi connectivity index (χ0) is 15.3. The van der Waals surface area contributed by atoms with Gasteiger partial charge in [0.2, 0.25) is 0 Å². The van der Waals surface area contributed by atoms with Gasteiger partial charge in [-0.2, -0.15) is 11.3 Å². The quantitative estimate of drug-likeness (QED) is 0.765. The van der Waals surface area contributed by atoms with Crippen molar-refractivity contribution in [1.82, 2.24) is 5.32 Å². The topological polar surface area (TPSA) is 12.0 Å². The molecule has 118 valence electrons. The zero-order valence-corrected chi connectivity index (χ0v) is 15.3. The maximum Gasteiger partial charge on any atom is 0.0308 e. The molecule has 3 aliphatic rings. The first kappa shape index (κ1) is 14.9. The minimum atomic E-state index is 0.586. The molecule has 2 aromatic rings. The van der Waals surface area contributed by atoms with Gasteiger partial charge in [-0.25, -0.2) is 0 Å². The third kappa shape index (κ3) is 2.29. The van der Waals surface area contributed by atoms with Crippen LogP contribution in [0.25, 0.3) is 11.1 Å². The summed E-state index contributed by atoms with van der Waals surface area (Å²) in [7, 11) is 0. The molecule has 3 saturated carbocycles. The lowest BCUT2D eigenvalue weighted by Crippen LogP contribution is -2.59. The molecule has 1 N–H and O–H groups in total. The van der Waals surface area contributed by atoms with Gasteiger partial charge in [-0.05, 0) is 75.4 Å². The Morgan fingerprint density at radius 1 is 1.23 bits per heavy atom. The van der Waals surface area contributed by atoms with Crippen LogP contribution in [-0.4, -0.2) is 6.04 Å². The predicted molar refractivity (Wildman–Crippen MR) is 97.4 cm³/mol. The summed E-state index contributed by atoms with van der Waals surface area (Å²) >= 11 is 3.67. The van der Waals surface area contributed by atoms with Crippen LogP contribution >= 0.6 is 22.7 Å². The van der Waals surface area contributed by atoms with E-state index in [1.807, 2.05) is 11.3 Å². The molecule has 5 rings (SSSR count). The van der Waals surface area contributed by atoms with E-state index in [0.29, 0.717) is 11.5 Å². The normalized spacial score (nSPS) is 32.7. The summed E-state index contributed by atoms with van der Waals surface area (Å²) in [4.78, 5) is 1.49. The number of thiophene rings is 2. The van der Waals surface area contributed by atoms with Gasteiger partial charge in [0.05, 0.1) is 0 Å². The van der Waals surface area contributed by atoms with E-state index in [1.165, 1.54) is 28.8 Å². The van der Waals surface area contributed by atoms with Gasteiger partial charge in [-0.3, -0.25) is 0 Å². The van der Waals surface area contributed by atoms with Gasteiger partial charge >= 0.3 is 0 Å². The molecule has 0 radical (unpaired) electrons. The second-order valence-corrected chi connectivity index (χ2v) is 9.49. The van der Waals surface area contributed by atoms with Crippen LogP contribution in [0.5, 0.6) is 0 Å². The van der Waals surface area contributed by atoms with Crippen LogP contribution in [0, 0.1) is 23.2 Å². The van der Waals surface area contributed by atoms with Gasteiger partial charge < -0.3 is 5.32 Å². The highest BCUT2D eigenvalue weighted by Crippen LogP contribution is 2.61. The van der Waals surface area contributed by atoms with E-state index in [2.05, 4.69) is 54.4 Å². The van der Waals surface area contributed by atoms with Crippen molar-refractivity contribution in [2.75, 3.05) is 0 Å². The fraction of sp³-hybridized carbons (Fsp3) is 0.579. The molecule has 2 heterocycles. The Morgan fingerprint density at radius 2 is 2.09 bits per heavy atom. The summed E-state index contributed by atoms with van der Waals surface area (Å²) in [5.74, 6) is 2.67. The third-order valence-electron chi connectivity index (χ3n) is 6.46. The van der Waals surface area contributed by atoms with Crippen LogP contribution in [0.2, 0.25) is 0 Å². The SMILES string of the molecule is C[C@H]1[C@H](NCc2sccc2-c2ccsc2)C[C@H]2C[C@@H]1C2(C)C. The molecule has 3 heteroatoms. The Labute approximate surface area is 141 Å². The van der Waals surface area contributed by atoms with Crippen molar-refractivity contribution in [3.8, 4) is 11.1 Å². The van der Waals surface area contributed by atoms with Crippen molar-refractivity contribution in [2.45, 2.75) is 46.2 Å². The second kappa shape index (κ2) is 5.47. The first-order valence-electron chi connectivity index (χ1n) is 8.39. The van der Waals surface area contributed by atoms with Gasteiger partial charge in [0.1, 0.15) is 0 Å². The smallest absolute Gasteiger partial charge is 0.0308 e. The molecule has 1 nitrogen and oxygen atoms in total. The number of hydrogen-bond acceptors (Lipinski definition) is 3. The highest BCUT2D eigenvalue weighted by atomic mass is 32.1. The molecule has 0 aromatic carbocycles. The molecule has 0 aliphatic heterocycles. The Bertz CT molecular complexity index is 640. The molecular weight excluding hydrogens is 306 g/mol. The van der Waals surface area contributed by atoms with E-state index in [-0.39, 0.29) is 0 Å². The van der Waals surface area contributed by atoms with Crippen LogP contribution in [0.15, 0.2) is 28.3 Å². The molecule has 3 fully saturated rings. The molecule has 4 atom stereocenters. The zero-order valence-electron chi connectivity index (χ0n) is 13.6. The minimum Gasteiger partial charge on any atom is -0.309 e. The first-order chi connectivity index (χ1) is 10.6. The molecule has 0 saturated heterocycles. The van der Waals surface area contributed by atoms with Crippen LogP contribution < -0.4 is 5.32 Å². The fourth-order valence-electron chi connectivity index (χ4n) is 4.80. The monoisotopic (exact) mass is 331 g/mol. The van der Waals surface area contributed by atoms with E-state index in [1.54, 1.807) is 11.3 Å². The van der Waals surface area contributed by atoms with Crippen molar-refractivity contribution in [2.24, 2.45) is 23.2 Å². The Morgan fingerprint density at radius 3 is 2.77 bits per heavy atom. The van der Waals surface area contributed by atoms with Gasteiger partial charge in [0.15, 0.2) is 0 Å². The van der Waals surface area contributed by atoms with Gasteiger partial charge in [-0.1, -0.05) is 20.8 Å². The van der Waals surface area contributed by atoms with E-state index >= 15 is 0 Å². The summed E-state index contributed by atoms with van der Waals surface area (Å²) in [6.45, 7) is 8.45. The number of hydrogen-bond donors (Lipinski definition) is 1. The third-order valence-corrected chi connectivity index (χ3v) is 8.06. The Balaban J connectivity index is 1.43. The van der Waals surface area contributed by atoms with Crippen molar-refractivity contribution in [3.63, 3.8) is 0 Å². The summed E-state index contributed by atoms with van der Waals surface area (Å²) in [5.41, 5.74) is 3.39. The van der Waals surface area contributed by atoms with E-state index < -0.39 is 0 Å². The largest absolute Gasteiger partial charge is 0.309 e. The van der Waals surface area contributed by atoms with Crippen molar-refractivity contribution in [1.29, 1.82) is 0 Å². The average molecular weight is 332 g/mol. The molecule has 2 bridgehead atoms. The molecule has 0 amide bonds. The van der Waals surface area contributed by atoms with E-state index in [4.69, 9.17) is 0 Å². The highest BCUT2D eigenvalue weighted by Gasteiger charge is 2.55. The van der Waals surface area contributed by atoms with Crippen LogP contribution in [-0.2, 0) is 6.54 Å². The van der Waals surface area contributed by atoms with Gasteiger partial charge in [0.25, 0.3) is 0 Å². The number of nitrogens with one attached hydrogen (secondary N) is 1. The minimum absolute atomic E-state index is 0.586. The maximum atomic E-state index is 3.89. The Kier molecular flexibility index (Phi) is 3.71. The fourth-order valence-corrected chi connectivity index (χ4v) is 6.30. The lowest BCUT2D eigenvalue weighted by molar-refractivity contribution is -0.115. The summed E-state index contributed by atoms with van der Waals surface area (Å²) < 4.78 is 0. The van der Waals surface area contributed by atoms with Crippen molar-refractivity contribution < 1.29 is 0 Å². The molecule has 0 unspecified atom stereocenters. The molecular formula is C19H25NS2. The molecule has 3 aliphatic carbocycles. The van der Waals surface area contributed by atoms with Gasteiger partial charge in [0, 0.05) is 17.5 Å². The first-order valence-corrected chi connectivity index (χ1v) is 10.2. The summed E-state index contributed by atoms with van der Waals surface area (Å²) in [6.07, 6.45) is 2.83. The molecule has 2 aromatic heterocycles. The Hall–Kier alpha value is -0.640. The van der Waals surface area contributed by atoms with Crippen LogP contribution in [0.3, 0.4) is 0 Å². The number of fused-ring (bicyclic) bond motifs is 2. The average Bonchev–Trinajstić information content (AvgIpc) is 3.16. The van der Waals surface area contributed by atoms with E-state index in [0.717, 1.165) is 24.3 Å². The van der Waals surface area contributed by atoms with Crippen molar-refractivity contribution in [3.05, 3.63) is 33.2 Å². The maximum absolute atomic E-state index is 3.89. The summed E-state index contributed by atoms with van der Waals surface area (Å²) in [6, 6.07) is 5.21. The number of rotatable bonds is 4. The molecule has 0 spiro atoms. The molecule has 22 heavy (non-hydrogen) atoms. The highest BCUT2D eigenvalue weighted by molar-refractivity contribution is 7.10. The second-order valence-electron chi connectivity index (χ2n) is 7.71. The predicted octanol–water partition coefficient (Wildman–Crippen LogP) is 5.64. The lowest BCUT2D eigenvalue weighted by atomic mass is 9.45. The van der Waals surface area contributed by atoms with Crippen LogP contribution in [0.1, 0.15) is 38.5 Å². The standard InChI is InChI=1S/C19H25NS2/c1-12-16-8-14(19(16,2)3)9-17(12)20-10-18-15(5-7-22-18)13-4-6-21-11-13/h4-7,11-12,14,16-17,20H,8-10H2,1-3H3/t12-,14-,16+,17-/m1/s1. The van der Waals surface area contributed by atoms with Gasteiger partial charge in [-0.15, -0.1) is 11.3 Å². The summed E-state index contributed by atoms with van der Waals surface area (Å²) in [5, 5.41) is 10.5. The van der Waals surface area contributed by atoms with E-state index in [9.17, 15) is 0 Å².